The number of ether oxygens (including phenoxy) is 2. The predicted octanol–water partition coefficient (Wildman–Crippen LogP) is 4.49. The van der Waals surface area contributed by atoms with E-state index in [9.17, 15) is 14.0 Å². The molecule has 0 aliphatic carbocycles. The highest BCUT2D eigenvalue weighted by molar-refractivity contribution is 6.04. The van der Waals surface area contributed by atoms with Crippen LogP contribution in [0, 0.1) is 5.82 Å². The number of amides is 2. The molecule has 0 radical (unpaired) electrons. The van der Waals surface area contributed by atoms with Gasteiger partial charge in [0.15, 0.2) is 6.61 Å². The smallest absolute Gasteiger partial charge is 0.262 e. The second-order valence-electron chi connectivity index (χ2n) is 6.28. The first-order valence-electron chi connectivity index (χ1n) is 9.36. The zero-order chi connectivity index (χ0) is 21.3. The molecule has 0 saturated heterocycles. The molecule has 7 heteroatoms. The van der Waals surface area contributed by atoms with E-state index in [1.54, 1.807) is 54.6 Å². The molecule has 0 saturated carbocycles. The predicted molar refractivity (Wildman–Crippen MR) is 113 cm³/mol. The maximum absolute atomic E-state index is 13.1. The van der Waals surface area contributed by atoms with E-state index in [-0.39, 0.29) is 18.3 Å². The molecule has 0 atom stereocenters. The normalized spacial score (nSPS) is 10.2. The molecule has 0 spiro atoms. The third-order valence-electron chi connectivity index (χ3n) is 4.02. The van der Waals surface area contributed by atoms with Crippen LogP contribution in [0.15, 0.2) is 72.8 Å². The summed E-state index contributed by atoms with van der Waals surface area (Å²) in [5.74, 6) is -0.104. The molecule has 2 amide bonds. The van der Waals surface area contributed by atoms with Crippen molar-refractivity contribution in [2.24, 2.45) is 0 Å². The van der Waals surface area contributed by atoms with Gasteiger partial charge in [-0.1, -0.05) is 6.07 Å². The lowest BCUT2D eigenvalue weighted by molar-refractivity contribution is -0.118. The van der Waals surface area contributed by atoms with Crippen LogP contribution in [-0.2, 0) is 4.79 Å². The number of nitrogens with one attached hydrogen (secondary N) is 2. The van der Waals surface area contributed by atoms with Crippen molar-refractivity contribution in [2.45, 2.75) is 6.92 Å². The lowest BCUT2D eigenvalue weighted by Gasteiger charge is -2.09. The van der Waals surface area contributed by atoms with Gasteiger partial charge in [-0.05, 0) is 67.6 Å². The third-order valence-corrected chi connectivity index (χ3v) is 4.02. The summed E-state index contributed by atoms with van der Waals surface area (Å²) >= 11 is 0. The molecule has 3 aromatic carbocycles. The van der Waals surface area contributed by atoms with Gasteiger partial charge in [-0.15, -0.1) is 0 Å². The van der Waals surface area contributed by atoms with Gasteiger partial charge in [-0.3, -0.25) is 9.59 Å². The number of carbonyl (C=O) groups is 2. The minimum atomic E-state index is -0.438. The number of hydrogen-bond acceptors (Lipinski definition) is 4. The van der Waals surface area contributed by atoms with Crippen molar-refractivity contribution in [3.63, 3.8) is 0 Å². The molecule has 0 aromatic heterocycles. The molecular weight excluding hydrogens is 387 g/mol. The molecule has 0 heterocycles. The molecular formula is C23H21FN2O4. The quantitative estimate of drug-likeness (QED) is 0.576. The zero-order valence-electron chi connectivity index (χ0n) is 16.4. The number of benzene rings is 3. The Kier molecular flexibility index (Phi) is 7.00. The van der Waals surface area contributed by atoms with E-state index < -0.39 is 11.7 Å². The Morgan fingerprint density at radius 1 is 0.833 bits per heavy atom. The summed E-state index contributed by atoms with van der Waals surface area (Å²) in [6.45, 7) is 2.22. The van der Waals surface area contributed by atoms with E-state index in [1.165, 1.54) is 18.2 Å². The highest BCUT2D eigenvalue weighted by Crippen LogP contribution is 2.17. The van der Waals surface area contributed by atoms with Crippen LogP contribution in [0.1, 0.15) is 17.3 Å². The SMILES string of the molecule is CCOc1ccc(NC(=O)c2ccc(NC(=O)COc3cccc(F)c3)cc2)cc1. The summed E-state index contributed by atoms with van der Waals surface area (Å²) < 4.78 is 23.7. The maximum atomic E-state index is 13.1. The average Bonchev–Trinajstić information content (AvgIpc) is 2.74. The number of carbonyl (C=O) groups excluding carboxylic acids is 2. The Hall–Kier alpha value is -3.87. The fourth-order valence-corrected chi connectivity index (χ4v) is 2.61. The summed E-state index contributed by atoms with van der Waals surface area (Å²) in [5.41, 5.74) is 1.61. The van der Waals surface area contributed by atoms with Crippen LogP contribution < -0.4 is 20.1 Å². The van der Waals surface area contributed by atoms with Crippen LogP contribution in [0.5, 0.6) is 11.5 Å². The van der Waals surface area contributed by atoms with Crippen molar-refractivity contribution in [3.05, 3.63) is 84.2 Å². The number of anilines is 2. The van der Waals surface area contributed by atoms with Gasteiger partial charge in [0.25, 0.3) is 11.8 Å². The third kappa shape index (κ3) is 6.07. The molecule has 3 rings (SSSR count). The van der Waals surface area contributed by atoms with E-state index >= 15 is 0 Å². The summed E-state index contributed by atoms with van der Waals surface area (Å²) in [5, 5.41) is 5.46. The minimum absolute atomic E-state index is 0.260. The molecule has 3 aromatic rings. The van der Waals surface area contributed by atoms with Gasteiger partial charge < -0.3 is 20.1 Å². The lowest BCUT2D eigenvalue weighted by atomic mass is 10.2. The Morgan fingerprint density at radius 3 is 2.17 bits per heavy atom. The van der Waals surface area contributed by atoms with Crippen LogP contribution in [0.4, 0.5) is 15.8 Å². The highest BCUT2D eigenvalue weighted by atomic mass is 19.1. The van der Waals surface area contributed by atoms with Gasteiger partial charge in [0.05, 0.1) is 6.61 Å². The van der Waals surface area contributed by atoms with E-state index in [4.69, 9.17) is 9.47 Å². The lowest BCUT2D eigenvalue weighted by Crippen LogP contribution is -2.20. The standard InChI is InChI=1S/C23H21FN2O4/c1-2-29-20-12-10-19(11-13-20)26-23(28)16-6-8-18(9-7-16)25-22(27)15-30-21-5-3-4-17(24)14-21/h3-14H,2,15H2,1H3,(H,25,27)(H,26,28). The molecule has 0 fully saturated rings. The summed E-state index contributed by atoms with van der Waals surface area (Å²) in [4.78, 5) is 24.4. The van der Waals surface area contributed by atoms with E-state index in [2.05, 4.69) is 10.6 Å². The average molecular weight is 408 g/mol. The van der Waals surface area contributed by atoms with Crippen molar-refractivity contribution in [3.8, 4) is 11.5 Å². The summed E-state index contributed by atoms with van der Waals surface area (Å²) in [7, 11) is 0. The van der Waals surface area contributed by atoms with Gasteiger partial charge in [0, 0.05) is 23.0 Å². The molecule has 30 heavy (non-hydrogen) atoms. The van der Waals surface area contributed by atoms with Crippen LogP contribution in [0.2, 0.25) is 0 Å². The van der Waals surface area contributed by atoms with Crippen LogP contribution >= 0.6 is 0 Å². The van der Waals surface area contributed by atoms with Crippen molar-refractivity contribution in [2.75, 3.05) is 23.8 Å². The molecule has 154 valence electrons. The molecule has 6 nitrogen and oxygen atoms in total. The largest absolute Gasteiger partial charge is 0.494 e. The van der Waals surface area contributed by atoms with Gasteiger partial charge in [-0.25, -0.2) is 4.39 Å². The Bertz CT molecular complexity index is 1000. The Labute approximate surface area is 173 Å². The monoisotopic (exact) mass is 408 g/mol. The van der Waals surface area contributed by atoms with Gasteiger partial charge in [0.2, 0.25) is 0 Å². The number of halogens is 1. The van der Waals surface area contributed by atoms with Crippen LogP contribution in [-0.4, -0.2) is 25.0 Å². The topological polar surface area (TPSA) is 76.7 Å². The molecule has 0 bridgehead atoms. The maximum Gasteiger partial charge on any atom is 0.262 e. The van der Waals surface area contributed by atoms with E-state index in [0.717, 1.165) is 5.75 Å². The molecule has 0 aliphatic heterocycles. The molecule has 2 N–H and O–H groups in total. The van der Waals surface area contributed by atoms with Crippen LogP contribution in [0.25, 0.3) is 0 Å². The van der Waals surface area contributed by atoms with Crippen LogP contribution in [0.3, 0.4) is 0 Å². The Morgan fingerprint density at radius 2 is 1.50 bits per heavy atom. The first kappa shape index (κ1) is 20.9. The first-order chi connectivity index (χ1) is 14.5. The van der Waals surface area contributed by atoms with Crippen molar-refractivity contribution in [1.82, 2.24) is 0 Å². The Balaban J connectivity index is 1.51. The summed E-state index contributed by atoms with van der Waals surface area (Å²) in [6, 6.07) is 19.1. The van der Waals surface area contributed by atoms with Gasteiger partial charge in [0.1, 0.15) is 17.3 Å². The fraction of sp³-hybridized carbons (Fsp3) is 0.130. The first-order valence-corrected chi connectivity index (χ1v) is 9.36. The fourth-order valence-electron chi connectivity index (χ4n) is 2.61. The van der Waals surface area contributed by atoms with Crippen molar-refractivity contribution >= 4 is 23.2 Å². The number of hydrogen-bond donors (Lipinski definition) is 2. The second kappa shape index (κ2) is 10.1. The van der Waals surface area contributed by atoms with Crippen molar-refractivity contribution in [1.29, 1.82) is 0 Å². The number of rotatable bonds is 8. The highest BCUT2D eigenvalue weighted by Gasteiger charge is 2.08. The zero-order valence-corrected chi connectivity index (χ0v) is 16.4. The second-order valence-corrected chi connectivity index (χ2v) is 6.28. The van der Waals surface area contributed by atoms with Gasteiger partial charge in [-0.2, -0.15) is 0 Å². The van der Waals surface area contributed by atoms with Gasteiger partial charge >= 0.3 is 0 Å². The molecule has 0 aliphatic rings. The van der Waals surface area contributed by atoms with E-state index in [1.807, 2.05) is 6.92 Å². The van der Waals surface area contributed by atoms with Crippen molar-refractivity contribution < 1.29 is 23.5 Å². The molecule has 0 unspecified atom stereocenters. The summed E-state index contributed by atoms with van der Waals surface area (Å²) in [6.07, 6.45) is 0. The van der Waals surface area contributed by atoms with E-state index in [0.29, 0.717) is 23.5 Å². The minimum Gasteiger partial charge on any atom is -0.494 e.